The molecule has 5 heteroatoms. The van der Waals surface area contributed by atoms with Gasteiger partial charge < -0.3 is 5.73 Å². The molecule has 0 bridgehead atoms. The highest BCUT2D eigenvalue weighted by molar-refractivity contribution is 5.81. The van der Waals surface area contributed by atoms with Crippen molar-refractivity contribution >= 4 is 11.4 Å². The number of pyridine rings is 1. The largest absolute Gasteiger partial charge is 0.387 e. The third kappa shape index (κ3) is 1.35. The summed E-state index contributed by atoms with van der Waals surface area (Å²) in [7, 11) is 0. The molecule has 0 spiro atoms. The van der Waals surface area contributed by atoms with Crippen molar-refractivity contribution in [3.05, 3.63) is 30.1 Å². The van der Waals surface area contributed by atoms with Crippen LogP contribution in [0.2, 0.25) is 0 Å². The molecule has 2 heterocycles. The van der Waals surface area contributed by atoms with Gasteiger partial charge in [-0.15, -0.1) is 5.10 Å². The van der Waals surface area contributed by atoms with Gasteiger partial charge in [-0.2, -0.15) is 0 Å². The standard InChI is InChI=1S/C8H9N5/c9-8(10)4-6-2-1-3-13-7(6)5-11-12-13/h1-3,5H,4H2,(H3,9,10). The SMILES string of the molecule is N=C(N)Cc1cccn2nncc12. The van der Waals surface area contributed by atoms with Crippen LogP contribution in [0.15, 0.2) is 24.5 Å². The van der Waals surface area contributed by atoms with Crippen molar-refractivity contribution in [3.8, 4) is 0 Å². The van der Waals surface area contributed by atoms with Crippen LogP contribution < -0.4 is 5.73 Å². The molecule has 0 saturated heterocycles. The minimum Gasteiger partial charge on any atom is -0.387 e. The molecule has 0 amide bonds. The summed E-state index contributed by atoms with van der Waals surface area (Å²) < 4.78 is 1.66. The maximum atomic E-state index is 7.19. The zero-order valence-electron chi connectivity index (χ0n) is 6.94. The number of nitrogens with one attached hydrogen (secondary N) is 1. The van der Waals surface area contributed by atoms with Crippen LogP contribution >= 0.6 is 0 Å². The fourth-order valence-corrected chi connectivity index (χ4v) is 1.26. The van der Waals surface area contributed by atoms with Crippen LogP contribution in [0, 0.1) is 5.41 Å². The lowest BCUT2D eigenvalue weighted by Gasteiger charge is -2.00. The Morgan fingerprint density at radius 3 is 3.23 bits per heavy atom. The first kappa shape index (κ1) is 7.72. The van der Waals surface area contributed by atoms with Gasteiger partial charge in [-0.3, -0.25) is 5.41 Å². The first-order chi connectivity index (χ1) is 6.27. The lowest BCUT2D eigenvalue weighted by molar-refractivity contribution is 0.852. The van der Waals surface area contributed by atoms with Gasteiger partial charge in [0, 0.05) is 12.6 Å². The Hall–Kier alpha value is -1.91. The molecule has 0 fully saturated rings. The van der Waals surface area contributed by atoms with Crippen LogP contribution in [0.25, 0.3) is 5.52 Å². The van der Waals surface area contributed by atoms with Crippen molar-refractivity contribution in [2.24, 2.45) is 5.73 Å². The highest BCUT2D eigenvalue weighted by Crippen LogP contribution is 2.08. The van der Waals surface area contributed by atoms with E-state index in [2.05, 4.69) is 10.3 Å². The zero-order chi connectivity index (χ0) is 9.26. The van der Waals surface area contributed by atoms with Gasteiger partial charge in [-0.1, -0.05) is 11.3 Å². The molecular weight excluding hydrogens is 166 g/mol. The van der Waals surface area contributed by atoms with E-state index >= 15 is 0 Å². The number of fused-ring (bicyclic) bond motifs is 1. The summed E-state index contributed by atoms with van der Waals surface area (Å²) >= 11 is 0. The van der Waals surface area contributed by atoms with Crippen molar-refractivity contribution in [2.75, 3.05) is 0 Å². The fraction of sp³-hybridized carbons (Fsp3) is 0.125. The van der Waals surface area contributed by atoms with Crippen LogP contribution in [0.5, 0.6) is 0 Å². The van der Waals surface area contributed by atoms with E-state index in [0.29, 0.717) is 6.42 Å². The van der Waals surface area contributed by atoms with Crippen molar-refractivity contribution < 1.29 is 0 Å². The average molecular weight is 175 g/mol. The van der Waals surface area contributed by atoms with E-state index in [0.717, 1.165) is 11.1 Å². The summed E-state index contributed by atoms with van der Waals surface area (Å²) in [6.07, 6.45) is 3.92. The first-order valence-electron chi connectivity index (χ1n) is 3.88. The van der Waals surface area contributed by atoms with Gasteiger partial charge in [0.2, 0.25) is 0 Å². The Bertz CT molecular complexity index is 444. The first-order valence-corrected chi connectivity index (χ1v) is 3.88. The van der Waals surface area contributed by atoms with Gasteiger partial charge in [0.15, 0.2) is 0 Å². The minimum absolute atomic E-state index is 0.148. The van der Waals surface area contributed by atoms with Gasteiger partial charge >= 0.3 is 0 Å². The Morgan fingerprint density at radius 2 is 2.46 bits per heavy atom. The van der Waals surface area contributed by atoms with Gasteiger partial charge in [0.25, 0.3) is 0 Å². The van der Waals surface area contributed by atoms with Crippen LogP contribution in [-0.4, -0.2) is 20.7 Å². The van der Waals surface area contributed by atoms with Crippen LogP contribution in [0.3, 0.4) is 0 Å². The second-order valence-corrected chi connectivity index (χ2v) is 2.80. The van der Waals surface area contributed by atoms with Gasteiger partial charge in [0.1, 0.15) is 0 Å². The summed E-state index contributed by atoms with van der Waals surface area (Å²) in [6, 6.07) is 3.78. The molecule has 0 radical (unpaired) electrons. The lowest BCUT2D eigenvalue weighted by Crippen LogP contribution is -2.13. The Morgan fingerprint density at radius 1 is 1.62 bits per heavy atom. The number of rotatable bonds is 2. The molecule has 2 aromatic heterocycles. The lowest BCUT2D eigenvalue weighted by atomic mass is 10.1. The molecule has 13 heavy (non-hydrogen) atoms. The highest BCUT2D eigenvalue weighted by atomic mass is 15.4. The third-order valence-corrected chi connectivity index (χ3v) is 1.81. The van der Waals surface area contributed by atoms with Gasteiger partial charge in [-0.05, 0) is 11.6 Å². The van der Waals surface area contributed by atoms with E-state index in [1.165, 1.54) is 0 Å². The molecule has 3 N–H and O–H groups in total. The summed E-state index contributed by atoms with van der Waals surface area (Å²) in [6.45, 7) is 0. The number of nitrogens with zero attached hydrogens (tertiary/aromatic N) is 3. The molecule has 0 saturated carbocycles. The Labute approximate surface area is 74.7 Å². The monoisotopic (exact) mass is 175 g/mol. The third-order valence-electron chi connectivity index (χ3n) is 1.81. The predicted octanol–water partition coefficient (Wildman–Crippen LogP) is 0.208. The minimum atomic E-state index is 0.148. The highest BCUT2D eigenvalue weighted by Gasteiger charge is 2.02. The number of hydrogen-bond donors (Lipinski definition) is 2. The molecule has 0 atom stereocenters. The number of hydrogen-bond acceptors (Lipinski definition) is 3. The maximum Gasteiger partial charge on any atom is 0.0950 e. The predicted molar refractivity (Wildman–Crippen MR) is 48.6 cm³/mol. The summed E-state index contributed by atoms with van der Waals surface area (Å²) in [4.78, 5) is 0. The molecule has 0 aliphatic rings. The molecule has 5 nitrogen and oxygen atoms in total. The van der Waals surface area contributed by atoms with Crippen molar-refractivity contribution in [1.29, 1.82) is 5.41 Å². The molecule has 0 aromatic carbocycles. The van der Waals surface area contributed by atoms with E-state index in [9.17, 15) is 0 Å². The van der Waals surface area contributed by atoms with Gasteiger partial charge in [0.05, 0.1) is 17.5 Å². The number of aromatic nitrogens is 3. The zero-order valence-corrected chi connectivity index (χ0v) is 6.94. The second-order valence-electron chi connectivity index (χ2n) is 2.80. The molecule has 66 valence electrons. The molecule has 2 rings (SSSR count). The molecular formula is C8H9N5. The molecule has 0 aliphatic heterocycles. The quantitative estimate of drug-likeness (QED) is 0.505. The van der Waals surface area contributed by atoms with E-state index in [4.69, 9.17) is 11.1 Å². The second kappa shape index (κ2) is 2.85. The molecule has 0 unspecified atom stereocenters. The van der Waals surface area contributed by atoms with Crippen molar-refractivity contribution in [2.45, 2.75) is 6.42 Å². The van der Waals surface area contributed by atoms with Crippen LogP contribution in [0.4, 0.5) is 0 Å². The fourth-order valence-electron chi connectivity index (χ4n) is 1.26. The van der Waals surface area contributed by atoms with Crippen molar-refractivity contribution in [1.82, 2.24) is 14.8 Å². The van der Waals surface area contributed by atoms with Crippen LogP contribution in [0.1, 0.15) is 5.56 Å². The van der Waals surface area contributed by atoms with E-state index in [-0.39, 0.29) is 5.84 Å². The smallest absolute Gasteiger partial charge is 0.0950 e. The number of nitrogens with two attached hydrogens (primary N) is 1. The summed E-state index contributed by atoms with van der Waals surface area (Å²) in [5.41, 5.74) is 7.19. The molecule has 0 aliphatic carbocycles. The van der Waals surface area contributed by atoms with Crippen molar-refractivity contribution in [3.63, 3.8) is 0 Å². The van der Waals surface area contributed by atoms with Crippen LogP contribution in [-0.2, 0) is 6.42 Å². The summed E-state index contributed by atoms with van der Waals surface area (Å²) in [5, 5.41) is 14.8. The van der Waals surface area contributed by atoms with E-state index in [1.54, 1.807) is 10.7 Å². The van der Waals surface area contributed by atoms with Gasteiger partial charge in [-0.25, -0.2) is 4.52 Å². The number of amidine groups is 1. The summed E-state index contributed by atoms with van der Waals surface area (Å²) in [5.74, 6) is 0.148. The van der Waals surface area contributed by atoms with E-state index in [1.807, 2.05) is 18.3 Å². The Balaban J connectivity index is 2.54. The topological polar surface area (TPSA) is 80.1 Å². The average Bonchev–Trinajstić information content (AvgIpc) is 2.51. The maximum absolute atomic E-state index is 7.19. The molecule has 2 aromatic rings. The van der Waals surface area contributed by atoms with E-state index < -0.39 is 0 Å². The Kier molecular flexibility index (Phi) is 1.70. The normalized spacial score (nSPS) is 10.5.